The van der Waals surface area contributed by atoms with E-state index in [2.05, 4.69) is 58.3 Å². The Morgan fingerprint density at radius 3 is 2.71 bits per heavy atom. The Morgan fingerprint density at radius 2 is 1.89 bits per heavy atom. The van der Waals surface area contributed by atoms with Gasteiger partial charge in [-0.05, 0) is 6.07 Å². The molecule has 8 heteroatoms. The summed E-state index contributed by atoms with van der Waals surface area (Å²) in [5.41, 5.74) is 6.94. The van der Waals surface area contributed by atoms with Gasteiger partial charge in [-0.15, -0.1) is 0 Å². The van der Waals surface area contributed by atoms with E-state index in [0.717, 1.165) is 79.4 Å². The molecule has 0 atom stereocenters. The van der Waals surface area contributed by atoms with Crippen molar-refractivity contribution in [3.63, 3.8) is 0 Å². The molecule has 0 bridgehead atoms. The summed E-state index contributed by atoms with van der Waals surface area (Å²) in [7, 11) is 0. The summed E-state index contributed by atoms with van der Waals surface area (Å²) >= 11 is 6.43. The first kappa shape index (κ1) is 22.5. The van der Waals surface area contributed by atoms with Gasteiger partial charge in [0.1, 0.15) is 0 Å². The van der Waals surface area contributed by atoms with Crippen LogP contribution in [0.3, 0.4) is 0 Å². The summed E-state index contributed by atoms with van der Waals surface area (Å²) in [4.78, 5) is 12.0. The summed E-state index contributed by atoms with van der Waals surface area (Å²) in [6.07, 6.45) is 5.79. The topological polar surface area (TPSA) is 58.4 Å². The van der Waals surface area contributed by atoms with Gasteiger partial charge in [-0.3, -0.25) is 0 Å². The second kappa shape index (κ2) is 9.56. The Balaban J connectivity index is 1.36. The number of nitrogens with zero attached hydrogens (tertiary/aromatic N) is 5. The molecule has 3 aromatic heterocycles. The molecule has 0 amide bonds. The molecular weight excluding hydrogens is 571 g/mol. The van der Waals surface area contributed by atoms with Gasteiger partial charge in [0, 0.05) is 26.2 Å². The van der Waals surface area contributed by atoms with E-state index >= 15 is 0 Å². The third-order valence-corrected chi connectivity index (χ3v) is 8.25. The number of halogens is 2. The first-order valence-corrected chi connectivity index (χ1v) is 14.1. The molecule has 1 N–H and O–H groups in total. The molecule has 0 aliphatic carbocycles. The van der Waals surface area contributed by atoms with Gasteiger partial charge in [0.15, 0.2) is 0 Å². The van der Waals surface area contributed by atoms with Crippen molar-refractivity contribution < 1.29 is 21.2 Å². The van der Waals surface area contributed by atoms with Gasteiger partial charge in [0.2, 0.25) is 0 Å². The summed E-state index contributed by atoms with van der Waals surface area (Å²) in [6, 6.07) is 16.7. The van der Waals surface area contributed by atoms with E-state index in [1.807, 2.05) is 39.3 Å². The van der Waals surface area contributed by atoms with E-state index in [1.54, 1.807) is 0 Å². The van der Waals surface area contributed by atoms with Gasteiger partial charge in [-0.1, -0.05) is 11.6 Å². The second-order valence-corrected chi connectivity index (χ2v) is 11.4. The Kier molecular flexibility index (Phi) is 6.13. The molecule has 6 rings (SSSR count). The SMILES string of the molecule is C=C[I-]c1ccc2c(-c3cnn4cc(-c5ccc(N6CCNCC6)c(Cl)c5)cnc34)cccc2n1. The number of rotatable bonds is 5. The third-order valence-electron chi connectivity index (χ3n) is 6.27. The molecule has 0 saturated carbocycles. The van der Waals surface area contributed by atoms with Crippen LogP contribution in [0.25, 0.3) is 38.8 Å². The molecule has 2 aromatic carbocycles. The molecule has 0 radical (unpaired) electrons. The number of benzene rings is 2. The van der Waals surface area contributed by atoms with Crippen LogP contribution in [0, 0.1) is 3.70 Å². The van der Waals surface area contributed by atoms with Gasteiger partial charge in [-0.25, -0.2) is 0 Å². The zero-order chi connectivity index (χ0) is 23.8. The van der Waals surface area contributed by atoms with E-state index in [9.17, 15) is 0 Å². The number of nitrogens with one attached hydrogen (secondary N) is 1. The average Bonchev–Trinajstić information content (AvgIpc) is 3.32. The zero-order valence-electron chi connectivity index (χ0n) is 19.0. The third kappa shape index (κ3) is 4.28. The molecular formula is C27H23ClIN6-. The quantitative estimate of drug-likeness (QED) is 0.250. The summed E-state index contributed by atoms with van der Waals surface area (Å²) in [5.74, 6) is 0. The maximum absolute atomic E-state index is 6.69. The number of fused-ring (bicyclic) bond motifs is 2. The van der Waals surface area contributed by atoms with E-state index in [1.165, 1.54) is 0 Å². The van der Waals surface area contributed by atoms with Gasteiger partial charge < -0.3 is 10.2 Å². The Hall–Kier alpha value is -3.01. The molecule has 5 aromatic rings. The number of piperazine rings is 1. The molecule has 1 aliphatic heterocycles. The number of pyridine rings is 1. The first-order valence-electron chi connectivity index (χ1n) is 11.4. The van der Waals surface area contributed by atoms with Crippen LogP contribution in [0.4, 0.5) is 5.69 Å². The predicted octanol–water partition coefficient (Wildman–Crippen LogP) is 2.08. The number of anilines is 1. The van der Waals surface area contributed by atoms with Crippen molar-refractivity contribution in [3.8, 4) is 22.3 Å². The number of hydrogen-bond acceptors (Lipinski definition) is 5. The van der Waals surface area contributed by atoms with Crippen molar-refractivity contribution in [2.24, 2.45) is 0 Å². The molecule has 35 heavy (non-hydrogen) atoms. The van der Waals surface area contributed by atoms with Crippen LogP contribution in [-0.2, 0) is 0 Å². The van der Waals surface area contributed by atoms with Crippen molar-refractivity contribution in [1.29, 1.82) is 0 Å². The zero-order valence-corrected chi connectivity index (χ0v) is 21.9. The first-order chi connectivity index (χ1) is 17.2. The monoisotopic (exact) mass is 593 g/mol. The van der Waals surface area contributed by atoms with Crippen molar-refractivity contribution in [2.45, 2.75) is 0 Å². The Labute approximate surface area is 218 Å². The molecule has 4 heterocycles. The standard InChI is InChI=1S/C27H23ClIN6/c1-2-29-26-9-7-21-20(4-3-5-24(21)33-26)22-16-32-35-17-19(15-31-27(22)35)18-6-8-25(23(28)14-18)34-12-10-30-11-13-34/h2-9,14-17,30H,1,10-13H2/q-1. The van der Waals surface area contributed by atoms with Crippen LogP contribution in [0.15, 0.2) is 77.8 Å². The Morgan fingerprint density at radius 1 is 1.00 bits per heavy atom. The van der Waals surface area contributed by atoms with Gasteiger partial charge in [0.05, 0.1) is 10.7 Å². The van der Waals surface area contributed by atoms with E-state index in [4.69, 9.17) is 21.6 Å². The van der Waals surface area contributed by atoms with Crippen molar-refractivity contribution in [3.05, 3.63) is 86.5 Å². The minimum absolute atomic E-state index is 0.256. The summed E-state index contributed by atoms with van der Waals surface area (Å²) in [6.45, 7) is 7.74. The predicted molar refractivity (Wildman–Crippen MR) is 138 cm³/mol. The molecule has 176 valence electrons. The van der Waals surface area contributed by atoms with Gasteiger partial charge >= 0.3 is 155 Å². The molecule has 1 aliphatic rings. The van der Waals surface area contributed by atoms with Crippen molar-refractivity contribution >= 4 is 33.8 Å². The fourth-order valence-corrected chi connectivity index (χ4v) is 6.11. The van der Waals surface area contributed by atoms with Gasteiger partial charge in [0.25, 0.3) is 0 Å². The Bertz CT molecular complexity index is 1560. The number of hydrogen-bond donors (Lipinski definition) is 1. The van der Waals surface area contributed by atoms with Crippen LogP contribution >= 0.6 is 11.6 Å². The maximum atomic E-state index is 6.69. The minimum atomic E-state index is -0.256. The second-order valence-electron chi connectivity index (χ2n) is 8.34. The van der Waals surface area contributed by atoms with Crippen LogP contribution in [0.1, 0.15) is 0 Å². The number of aromatic nitrogens is 4. The van der Waals surface area contributed by atoms with Crippen molar-refractivity contribution in [2.75, 3.05) is 31.1 Å². The fourth-order valence-electron chi connectivity index (χ4n) is 4.57. The normalized spacial score (nSPS) is 14.1. The average molecular weight is 594 g/mol. The van der Waals surface area contributed by atoms with Gasteiger partial charge in [-0.2, -0.15) is 0 Å². The molecule has 6 nitrogen and oxygen atoms in total. The summed E-state index contributed by atoms with van der Waals surface area (Å²) < 4.78 is 4.94. The summed E-state index contributed by atoms with van der Waals surface area (Å²) in [5, 5.41) is 9.86. The van der Waals surface area contributed by atoms with Crippen molar-refractivity contribution in [1.82, 2.24) is 24.9 Å². The molecule has 0 spiro atoms. The molecule has 0 unspecified atom stereocenters. The van der Waals surface area contributed by atoms with E-state index in [-0.39, 0.29) is 21.2 Å². The fraction of sp³-hybridized carbons (Fsp3) is 0.148. The molecule has 1 saturated heterocycles. The van der Waals surface area contributed by atoms with Crippen LogP contribution in [-0.4, -0.2) is 45.8 Å². The molecule has 1 fully saturated rings. The van der Waals surface area contributed by atoms with Crippen LogP contribution < -0.4 is 31.4 Å². The van der Waals surface area contributed by atoms with Crippen LogP contribution in [0.5, 0.6) is 0 Å². The van der Waals surface area contributed by atoms with Crippen LogP contribution in [0.2, 0.25) is 5.02 Å². The van der Waals surface area contributed by atoms with E-state index < -0.39 is 0 Å². The van der Waals surface area contributed by atoms with E-state index in [0.29, 0.717) is 0 Å².